The van der Waals surface area contributed by atoms with Crippen LogP contribution >= 0.6 is 94.1 Å². The lowest BCUT2D eigenvalue weighted by molar-refractivity contribution is 1.56. The summed E-state index contributed by atoms with van der Waals surface area (Å²) in [5, 5.41) is 13.6. The zero-order valence-corrected chi connectivity index (χ0v) is 27.6. The van der Waals surface area contributed by atoms with Crippen LogP contribution in [0, 0.1) is 0 Å². The van der Waals surface area contributed by atoms with Gasteiger partial charge in [0.1, 0.15) is 0 Å². The van der Waals surface area contributed by atoms with E-state index in [1.165, 1.54) is 102 Å². The van der Waals surface area contributed by atoms with E-state index in [-0.39, 0.29) is 0 Å². The zero-order chi connectivity index (χ0) is 26.2. The average Bonchev–Trinajstić information content (AvgIpc) is 3.62. The van der Waals surface area contributed by atoms with Gasteiger partial charge in [-0.15, -0.1) is 47.0 Å². The van der Waals surface area contributed by atoms with Crippen molar-refractivity contribution < 1.29 is 0 Å². The number of thioether (sulfide) groups is 8. The van der Waals surface area contributed by atoms with Crippen molar-refractivity contribution in [3.8, 4) is 0 Å². The van der Waals surface area contributed by atoms with Crippen LogP contribution in [-0.4, -0.2) is 23.0 Å². The monoisotopic (exact) mass is 660 g/mol. The Hall–Kier alpha value is -0.840. The maximum absolute atomic E-state index is 2.50. The molecule has 9 rings (SSSR count). The SMILES string of the molecule is c1ccc2cc3cc4c(=C5SC6=C(SCCS6)S5)c5ccccc5c(=C5SC6=C(SCCS6)S5)c4cc3cc2c1. The second-order valence-electron chi connectivity index (χ2n) is 9.77. The van der Waals surface area contributed by atoms with Gasteiger partial charge in [0.15, 0.2) is 0 Å². The van der Waals surface area contributed by atoms with Crippen molar-refractivity contribution >= 4 is 146 Å². The van der Waals surface area contributed by atoms with Crippen LogP contribution in [0.2, 0.25) is 0 Å². The Bertz CT molecular complexity index is 1930. The number of fused-ring (bicyclic) bond motifs is 4. The minimum atomic E-state index is 1.21. The molecule has 40 heavy (non-hydrogen) atoms. The summed E-state index contributed by atoms with van der Waals surface area (Å²) in [7, 11) is 0. The first-order valence-electron chi connectivity index (χ1n) is 13.1. The van der Waals surface area contributed by atoms with Crippen LogP contribution in [0.25, 0.3) is 51.6 Å². The highest BCUT2D eigenvalue weighted by Gasteiger charge is 2.29. The Kier molecular flexibility index (Phi) is 6.67. The molecule has 5 aromatic carbocycles. The van der Waals surface area contributed by atoms with E-state index in [9.17, 15) is 0 Å². The summed E-state index contributed by atoms with van der Waals surface area (Å²) in [5.41, 5.74) is 0. The first kappa shape index (κ1) is 25.6. The van der Waals surface area contributed by atoms with Crippen LogP contribution in [0.15, 0.2) is 89.7 Å². The molecule has 0 fully saturated rings. The second-order valence-corrected chi connectivity index (χ2v) is 19.8. The Balaban J connectivity index is 1.44. The van der Waals surface area contributed by atoms with Crippen molar-refractivity contribution in [2.45, 2.75) is 0 Å². The van der Waals surface area contributed by atoms with Crippen molar-refractivity contribution in [3.05, 3.63) is 100 Å². The van der Waals surface area contributed by atoms with Gasteiger partial charge < -0.3 is 0 Å². The quantitative estimate of drug-likeness (QED) is 0.149. The highest BCUT2D eigenvalue weighted by Crippen LogP contribution is 2.61. The predicted octanol–water partition coefficient (Wildman–Crippen LogP) is 10.6. The topological polar surface area (TPSA) is 0 Å². The largest absolute Gasteiger partial charge is 0.116 e. The lowest BCUT2D eigenvalue weighted by atomic mass is 9.94. The molecule has 0 aromatic heterocycles. The van der Waals surface area contributed by atoms with Crippen molar-refractivity contribution in [2.24, 2.45) is 0 Å². The standard InChI is InChI=1S/C32H20S8/c1-2-6-18-14-20-16-24-23(15-19(20)13-17(18)5-1)25(27-37-29-30(38-27)34-10-9-33-29)21-7-3-4-8-22(21)26(24)28-39-31-32(40-28)36-12-11-35-31/h1-8,13-16H,9-12H2. The van der Waals surface area contributed by atoms with Crippen LogP contribution in [0.5, 0.6) is 0 Å². The minimum absolute atomic E-state index is 1.21. The molecule has 4 aliphatic rings. The molecular weight excluding hydrogens is 641 g/mol. The first-order valence-corrected chi connectivity index (χ1v) is 20.3. The number of hydrogen-bond acceptors (Lipinski definition) is 8. The van der Waals surface area contributed by atoms with E-state index in [1.54, 1.807) is 0 Å². The number of rotatable bonds is 0. The molecule has 0 aliphatic carbocycles. The van der Waals surface area contributed by atoms with Crippen LogP contribution in [-0.2, 0) is 0 Å². The fourth-order valence-electron chi connectivity index (χ4n) is 5.70. The molecule has 0 saturated carbocycles. The molecule has 0 unspecified atom stereocenters. The normalized spacial score (nSPS) is 19.5. The van der Waals surface area contributed by atoms with E-state index < -0.39 is 0 Å². The molecule has 0 N–H and O–H groups in total. The molecule has 0 saturated heterocycles. The lowest BCUT2D eigenvalue weighted by Crippen LogP contribution is -2.17. The summed E-state index contributed by atoms with van der Waals surface area (Å²) >= 11 is 16.2. The van der Waals surface area contributed by atoms with E-state index in [0.717, 1.165) is 0 Å². The van der Waals surface area contributed by atoms with Crippen LogP contribution < -0.4 is 10.4 Å². The molecule has 4 heterocycles. The Labute approximate surface area is 266 Å². The summed E-state index contributed by atoms with van der Waals surface area (Å²) in [4.78, 5) is 0. The van der Waals surface area contributed by atoms with Gasteiger partial charge in [-0.25, -0.2) is 0 Å². The third-order valence-corrected chi connectivity index (χ3v) is 19.0. The average molecular weight is 661 g/mol. The molecule has 0 radical (unpaired) electrons. The lowest BCUT2D eigenvalue weighted by Gasteiger charge is -2.13. The molecule has 0 atom stereocenters. The molecule has 196 valence electrons. The van der Waals surface area contributed by atoms with Crippen molar-refractivity contribution in [1.29, 1.82) is 0 Å². The number of benzene rings is 5. The minimum Gasteiger partial charge on any atom is -0.116 e. The summed E-state index contributed by atoms with van der Waals surface area (Å²) in [6.45, 7) is 0. The van der Waals surface area contributed by atoms with Gasteiger partial charge in [-0.1, -0.05) is 95.6 Å². The Morgan fingerprint density at radius 1 is 0.350 bits per heavy atom. The smallest absolute Gasteiger partial charge is 0.0660 e. The third kappa shape index (κ3) is 4.23. The summed E-state index contributed by atoms with van der Waals surface area (Å²) in [6.07, 6.45) is 0. The van der Waals surface area contributed by atoms with Crippen molar-refractivity contribution in [3.63, 3.8) is 0 Å². The first-order chi connectivity index (χ1) is 19.8. The molecule has 4 aliphatic heterocycles. The maximum Gasteiger partial charge on any atom is 0.0660 e. The third-order valence-electron chi connectivity index (χ3n) is 7.43. The molecular formula is C32H20S8. The van der Waals surface area contributed by atoms with Crippen LogP contribution in [0.4, 0.5) is 0 Å². The van der Waals surface area contributed by atoms with E-state index in [0.29, 0.717) is 0 Å². The predicted molar refractivity (Wildman–Crippen MR) is 197 cm³/mol. The Morgan fingerprint density at radius 3 is 1.12 bits per heavy atom. The van der Waals surface area contributed by atoms with Gasteiger partial charge in [0.05, 0.1) is 25.4 Å². The summed E-state index contributed by atoms with van der Waals surface area (Å²) < 4.78 is 8.91. The van der Waals surface area contributed by atoms with Gasteiger partial charge in [-0.05, 0) is 67.4 Å². The second kappa shape index (κ2) is 10.4. The van der Waals surface area contributed by atoms with Gasteiger partial charge in [0.25, 0.3) is 0 Å². The Morgan fingerprint density at radius 2 is 0.725 bits per heavy atom. The van der Waals surface area contributed by atoms with Crippen LogP contribution in [0.3, 0.4) is 0 Å². The van der Waals surface area contributed by atoms with Gasteiger partial charge >= 0.3 is 0 Å². The fourth-order valence-corrected chi connectivity index (χ4v) is 17.9. The van der Waals surface area contributed by atoms with Gasteiger partial charge in [-0.2, -0.15) is 0 Å². The molecule has 0 spiro atoms. The summed E-state index contributed by atoms with van der Waals surface area (Å²) in [6, 6.07) is 27.7. The van der Waals surface area contributed by atoms with Crippen molar-refractivity contribution in [2.75, 3.05) is 23.0 Å². The van der Waals surface area contributed by atoms with E-state index in [1.807, 2.05) is 94.1 Å². The molecule has 5 aromatic rings. The summed E-state index contributed by atoms with van der Waals surface area (Å²) in [5.74, 6) is 4.85. The highest BCUT2D eigenvalue weighted by atomic mass is 32.3. The van der Waals surface area contributed by atoms with E-state index in [4.69, 9.17) is 0 Å². The van der Waals surface area contributed by atoms with Gasteiger partial charge in [0, 0.05) is 33.4 Å². The molecule has 0 bridgehead atoms. The molecule has 0 amide bonds. The maximum atomic E-state index is 2.50. The molecule has 0 nitrogen and oxygen atoms in total. The fraction of sp³-hybridized carbons (Fsp3) is 0.125. The number of hydrogen-bond donors (Lipinski definition) is 0. The van der Waals surface area contributed by atoms with Crippen molar-refractivity contribution in [1.82, 2.24) is 0 Å². The van der Waals surface area contributed by atoms with E-state index in [2.05, 4.69) is 72.8 Å². The highest BCUT2D eigenvalue weighted by molar-refractivity contribution is 8.47. The van der Waals surface area contributed by atoms with Crippen LogP contribution in [0.1, 0.15) is 0 Å². The van der Waals surface area contributed by atoms with E-state index >= 15 is 0 Å². The zero-order valence-electron chi connectivity index (χ0n) is 21.0. The molecule has 8 heteroatoms. The van der Waals surface area contributed by atoms with Gasteiger partial charge in [0.2, 0.25) is 0 Å². The van der Waals surface area contributed by atoms with Gasteiger partial charge in [-0.3, -0.25) is 0 Å².